The molecule has 5 heteroatoms. The van der Waals surface area contributed by atoms with E-state index in [1.165, 1.54) is 10.9 Å². The lowest BCUT2D eigenvalue weighted by Gasteiger charge is -2.19. The summed E-state index contributed by atoms with van der Waals surface area (Å²) in [6.45, 7) is 1.33. The maximum Gasteiger partial charge on any atom is 0.128 e. The number of H-pyrrole nitrogens is 1. The molecular weight excluding hydrogens is 403 g/mol. The number of aromatic amines is 1. The minimum atomic E-state index is -0.513. The topological polar surface area (TPSA) is 52.6 Å². The van der Waals surface area contributed by atoms with Crippen LogP contribution in [0.5, 0.6) is 0 Å². The third-order valence-corrected chi connectivity index (χ3v) is 5.87. The van der Waals surface area contributed by atoms with Gasteiger partial charge in [-0.15, -0.1) is 0 Å². The number of nitrogens with two attached hydrogens (primary N) is 1. The summed E-state index contributed by atoms with van der Waals surface area (Å²) < 4.78 is 0. The van der Waals surface area contributed by atoms with Crippen LogP contribution in [0.1, 0.15) is 28.7 Å². The van der Waals surface area contributed by atoms with Crippen LogP contribution in [0.15, 0.2) is 79.0 Å². The molecule has 148 valence electrons. The van der Waals surface area contributed by atoms with E-state index in [2.05, 4.69) is 28.6 Å². The molecule has 0 bridgehead atoms. The number of rotatable bonds is 7. The van der Waals surface area contributed by atoms with E-state index in [9.17, 15) is 5.11 Å². The number of hydrogen-bond acceptors (Lipinski definition) is 1. The third-order valence-electron chi connectivity index (χ3n) is 5.31. The number of halogens is 2. The Morgan fingerprint density at radius 3 is 2.41 bits per heavy atom. The molecule has 0 aliphatic rings. The molecule has 0 fully saturated rings. The van der Waals surface area contributed by atoms with Gasteiger partial charge in [0.1, 0.15) is 12.6 Å². The van der Waals surface area contributed by atoms with Crippen molar-refractivity contribution in [1.82, 2.24) is 4.98 Å². The summed E-state index contributed by atoms with van der Waals surface area (Å²) in [5.74, 6) is 0.0684. The van der Waals surface area contributed by atoms with Crippen molar-refractivity contribution in [2.24, 2.45) is 0 Å². The third kappa shape index (κ3) is 4.49. The van der Waals surface area contributed by atoms with Crippen LogP contribution in [-0.4, -0.2) is 23.2 Å². The van der Waals surface area contributed by atoms with Crippen molar-refractivity contribution in [3.63, 3.8) is 0 Å². The average Bonchev–Trinajstić information content (AvgIpc) is 3.16. The van der Waals surface area contributed by atoms with Crippen molar-refractivity contribution >= 4 is 34.1 Å². The van der Waals surface area contributed by atoms with Crippen molar-refractivity contribution < 1.29 is 10.4 Å². The number of aliphatic hydroxyl groups is 1. The van der Waals surface area contributed by atoms with Crippen molar-refractivity contribution in [2.75, 3.05) is 13.1 Å². The van der Waals surface area contributed by atoms with E-state index in [4.69, 9.17) is 23.2 Å². The molecule has 0 aliphatic heterocycles. The smallest absolute Gasteiger partial charge is 0.128 e. The van der Waals surface area contributed by atoms with Crippen LogP contribution in [-0.2, 0) is 0 Å². The van der Waals surface area contributed by atoms with Gasteiger partial charge in [0, 0.05) is 27.1 Å². The fraction of sp³-hybridized carbons (Fsp3) is 0.167. The molecule has 0 saturated heterocycles. The van der Waals surface area contributed by atoms with Gasteiger partial charge in [0.05, 0.1) is 12.5 Å². The molecule has 0 aliphatic carbocycles. The number of nitrogens with one attached hydrogen (secondary N) is 1. The molecule has 1 aromatic heterocycles. The predicted octanol–water partition coefficient (Wildman–Crippen LogP) is 4.90. The molecule has 3 aromatic carbocycles. The zero-order valence-electron chi connectivity index (χ0n) is 15.9. The highest BCUT2D eigenvalue weighted by atomic mass is 35.5. The summed E-state index contributed by atoms with van der Waals surface area (Å²) in [5, 5.41) is 15.1. The second-order valence-electron chi connectivity index (χ2n) is 7.19. The second-order valence-corrected chi connectivity index (χ2v) is 8.04. The van der Waals surface area contributed by atoms with Crippen molar-refractivity contribution in [2.45, 2.75) is 12.0 Å². The molecule has 4 N–H and O–H groups in total. The zero-order valence-corrected chi connectivity index (χ0v) is 17.4. The normalized spacial score (nSPS) is 13.5. The zero-order chi connectivity index (χ0) is 20.2. The molecule has 0 amide bonds. The Hall–Kier alpha value is -2.30. The summed E-state index contributed by atoms with van der Waals surface area (Å²) >= 11 is 12.7. The van der Waals surface area contributed by atoms with E-state index in [0.717, 1.165) is 23.2 Å². The number of quaternary nitrogens is 1. The van der Waals surface area contributed by atoms with Crippen LogP contribution >= 0.6 is 23.2 Å². The molecule has 2 atom stereocenters. The fourth-order valence-electron chi connectivity index (χ4n) is 3.82. The van der Waals surface area contributed by atoms with E-state index in [1.807, 2.05) is 54.6 Å². The Labute approximate surface area is 180 Å². The first-order chi connectivity index (χ1) is 14.1. The first-order valence-electron chi connectivity index (χ1n) is 9.69. The highest BCUT2D eigenvalue weighted by molar-refractivity contribution is 6.35. The van der Waals surface area contributed by atoms with E-state index < -0.39 is 6.10 Å². The summed E-state index contributed by atoms with van der Waals surface area (Å²) in [4.78, 5) is 3.36. The molecule has 0 spiro atoms. The summed E-state index contributed by atoms with van der Waals surface area (Å²) in [7, 11) is 0. The predicted molar refractivity (Wildman–Crippen MR) is 120 cm³/mol. The Balaban J connectivity index is 1.60. The highest BCUT2D eigenvalue weighted by Crippen LogP contribution is 2.34. The molecule has 0 unspecified atom stereocenters. The summed E-state index contributed by atoms with van der Waals surface area (Å²) in [6, 6.07) is 23.7. The molecule has 3 nitrogen and oxygen atoms in total. The lowest BCUT2D eigenvalue weighted by molar-refractivity contribution is -0.663. The van der Waals surface area contributed by atoms with Crippen molar-refractivity contribution in [1.29, 1.82) is 0 Å². The summed E-state index contributed by atoms with van der Waals surface area (Å²) in [6.07, 6.45) is 1.54. The number of aliphatic hydroxyl groups excluding tert-OH is 1. The number of hydrogen-bond donors (Lipinski definition) is 3. The fourth-order valence-corrected chi connectivity index (χ4v) is 4.36. The monoisotopic (exact) mass is 425 g/mol. The van der Waals surface area contributed by atoms with E-state index in [1.54, 1.807) is 6.07 Å². The van der Waals surface area contributed by atoms with Crippen LogP contribution in [0.25, 0.3) is 10.9 Å². The minimum Gasteiger partial charge on any atom is -0.382 e. The van der Waals surface area contributed by atoms with Gasteiger partial charge in [0.25, 0.3) is 0 Å². The standard InChI is InChI=1S/C24H22Cl2N2O/c25-17-10-11-18(22(26)12-17)20(21-14-28-23-9-5-4-8-19(21)23)13-27-15-24(29)16-6-2-1-3-7-16/h1-12,14,20,24,27-29H,13,15H2/p+1/t20-,24+/m0/s1. The largest absolute Gasteiger partial charge is 0.382 e. The highest BCUT2D eigenvalue weighted by Gasteiger charge is 2.23. The van der Waals surface area contributed by atoms with Gasteiger partial charge >= 0.3 is 0 Å². The Morgan fingerprint density at radius 2 is 1.62 bits per heavy atom. The van der Waals surface area contributed by atoms with Gasteiger partial charge in [-0.3, -0.25) is 0 Å². The van der Waals surface area contributed by atoms with Crippen LogP contribution < -0.4 is 5.32 Å². The maximum atomic E-state index is 10.5. The van der Waals surface area contributed by atoms with Gasteiger partial charge in [-0.25, -0.2) is 0 Å². The number of aromatic nitrogens is 1. The molecule has 0 radical (unpaired) electrons. The first kappa shape index (κ1) is 20.0. The number of fused-ring (bicyclic) bond motifs is 1. The maximum absolute atomic E-state index is 10.5. The van der Waals surface area contributed by atoms with Crippen molar-refractivity contribution in [3.05, 3.63) is 106 Å². The van der Waals surface area contributed by atoms with Gasteiger partial charge in [-0.05, 0) is 34.9 Å². The quantitative estimate of drug-likeness (QED) is 0.387. The van der Waals surface area contributed by atoms with Crippen LogP contribution in [0.4, 0.5) is 0 Å². The minimum absolute atomic E-state index is 0.0684. The lowest BCUT2D eigenvalue weighted by atomic mass is 9.90. The van der Waals surface area contributed by atoms with Gasteiger partial charge in [-0.1, -0.05) is 77.8 Å². The molecular formula is C24H23Cl2N2O+. The first-order valence-corrected chi connectivity index (χ1v) is 10.4. The number of para-hydroxylation sites is 1. The second kappa shape index (κ2) is 9.02. The van der Waals surface area contributed by atoms with E-state index in [0.29, 0.717) is 16.6 Å². The Morgan fingerprint density at radius 1 is 0.862 bits per heavy atom. The van der Waals surface area contributed by atoms with E-state index >= 15 is 0 Å². The van der Waals surface area contributed by atoms with E-state index in [-0.39, 0.29) is 5.92 Å². The molecule has 29 heavy (non-hydrogen) atoms. The average molecular weight is 426 g/mol. The van der Waals surface area contributed by atoms with Crippen LogP contribution in [0, 0.1) is 0 Å². The molecule has 1 heterocycles. The van der Waals surface area contributed by atoms with Gasteiger partial charge in [0.15, 0.2) is 0 Å². The van der Waals surface area contributed by atoms with Gasteiger partial charge in [-0.2, -0.15) is 0 Å². The van der Waals surface area contributed by atoms with Gasteiger partial charge < -0.3 is 15.4 Å². The van der Waals surface area contributed by atoms with Crippen LogP contribution in [0.3, 0.4) is 0 Å². The Bertz CT molecular complexity index is 1090. The molecule has 0 saturated carbocycles. The summed E-state index contributed by atoms with van der Waals surface area (Å²) in [5.41, 5.74) is 4.25. The number of benzene rings is 3. The van der Waals surface area contributed by atoms with Gasteiger partial charge in [0.2, 0.25) is 0 Å². The SMILES string of the molecule is O[C@H](C[NH2+]C[C@@H](c1ccc(Cl)cc1Cl)c1c[nH]c2ccccc12)c1ccccc1. The molecule has 4 aromatic rings. The van der Waals surface area contributed by atoms with Crippen LogP contribution in [0.2, 0.25) is 10.0 Å². The van der Waals surface area contributed by atoms with Crippen molar-refractivity contribution in [3.8, 4) is 0 Å². The lowest BCUT2D eigenvalue weighted by Crippen LogP contribution is -2.86. The Kier molecular flexibility index (Phi) is 6.22. The molecule has 4 rings (SSSR count).